The van der Waals surface area contributed by atoms with Crippen LogP contribution in [-0.2, 0) is 0 Å². The molecule has 5 rings (SSSR count). The van der Waals surface area contributed by atoms with Gasteiger partial charge in [0.05, 0.1) is 29.9 Å². The van der Waals surface area contributed by atoms with Crippen LogP contribution >= 0.6 is 0 Å². The van der Waals surface area contributed by atoms with Crippen molar-refractivity contribution in [2.24, 2.45) is 0 Å². The molecule has 32 heavy (non-hydrogen) atoms. The highest BCUT2D eigenvalue weighted by Gasteiger charge is 2.16. The highest BCUT2D eigenvalue weighted by molar-refractivity contribution is 5.59. The maximum atomic E-state index is 12.8. The molecule has 0 saturated carbocycles. The number of methoxy groups -OCH3 is 1. The molecule has 5 aromatic rings. The number of hydrogen-bond donors (Lipinski definition) is 0. The molecule has 0 unspecified atom stereocenters. The summed E-state index contributed by atoms with van der Waals surface area (Å²) in [7, 11) is 1.60. The van der Waals surface area contributed by atoms with Gasteiger partial charge in [0.25, 0.3) is 0 Å². The van der Waals surface area contributed by atoms with Crippen LogP contribution in [0.5, 0.6) is 5.75 Å². The van der Waals surface area contributed by atoms with Crippen LogP contribution in [0, 0.1) is 6.92 Å². The summed E-state index contributed by atoms with van der Waals surface area (Å²) in [5.41, 5.74) is 3.94. The van der Waals surface area contributed by atoms with Crippen molar-refractivity contribution in [1.82, 2.24) is 29.3 Å². The Balaban J connectivity index is 1.63. The standard InChI is InChI=1S/C24H20N6O2/c1-17-15-21(30(26-17)18-7-4-3-5-8-18)24-22(31)11-14-29(27-24)20-10-9-19(16-23(20)32-2)28-13-6-12-25-28/h3-16H,1-2H3. The largest absolute Gasteiger partial charge is 0.494 e. The van der Waals surface area contributed by atoms with E-state index in [1.54, 1.807) is 33.5 Å². The van der Waals surface area contributed by atoms with Gasteiger partial charge in [0.2, 0.25) is 5.43 Å². The van der Waals surface area contributed by atoms with Crippen molar-refractivity contribution >= 4 is 0 Å². The quantitative estimate of drug-likeness (QED) is 0.431. The molecule has 0 aliphatic rings. The summed E-state index contributed by atoms with van der Waals surface area (Å²) in [6.45, 7) is 1.89. The molecule has 0 bridgehead atoms. The Morgan fingerprint density at radius 1 is 0.844 bits per heavy atom. The average Bonchev–Trinajstić information content (AvgIpc) is 3.50. The van der Waals surface area contributed by atoms with E-state index >= 15 is 0 Å². The third kappa shape index (κ3) is 3.47. The van der Waals surface area contributed by atoms with Crippen LogP contribution in [0.15, 0.2) is 90.1 Å². The van der Waals surface area contributed by atoms with Crippen molar-refractivity contribution < 1.29 is 4.74 Å². The Hall–Kier alpha value is -4.46. The lowest BCUT2D eigenvalue weighted by molar-refractivity contribution is 0.411. The van der Waals surface area contributed by atoms with E-state index in [4.69, 9.17) is 4.74 Å². The van der Waals surface area contributed by atoms with Gasteiger partial charge in [0.15, 0.2) is 5.69 Å². The van der Waals surface area contributed by atoms with E-state index < -0.39 is 0 Å². The number of aromatic nitrogens is 6. The van der Waals surface area contributed by atoms with Crippen molar-refractivity contribution in [2.75, 3.05) is 7.11 Å². The Labute approximate surface area is 183 Å². The molecule has 8 heteroatoms. The monoisotopic (exact) mass is 424 g/mol. The molecule has 0 N–H and O–H groups in total. The van der Waals surface area contributed by atoms with Crippen molar-refractivity contribution in [3.8, 4) is 34.2 Å². The zero-order valence-corrected chi connectivity index (χ0v) is 17.6. The van der Waals surface area contributed by atoms with E-state index in [-0.39, 0.29) is 5.43 Å². The Bertz CT molecular complexity index is 1440. The van der Waals surface area contributed by atoms with Gasteiger partial charge in [-0.05, 0) is 43.3 Å². The fraction of sp³-hybridized carbons (Fsp3) is 0.0833. The molecule has 8 nitrogen and oxygen atoms in total. The van der Waals surface area contributed by atoms with Crippen molar-refractivity contribution in [3.05, 3.63) is 101 Å². The number of rotatable bonds is 5. The molecule has 0 atom stereocenters. The van der Waals surface area contributed by atoms with Gasteiger partial charge in [0.1, 0.15) is 11.4 Å². The predicted octanol–water partition coefficient (Wildman–Crippen LogP) is 3.59. The number of hydrogen-bond acceptors (Lipinski definition) is 5. The third-order valence-electron chi connectivity index (χ3n) is 5.06. The summed E-state index contributed by atoms with van der Waals surface area (Å²) < 4.78 is 10.7. The van der Waals surface area contributed by atoms with Gasteiger partial charge in [-0.25, -0.2) is 14.0 Å². The normalized spacial score (nSPS) is 10.9. The molecule has 3 heterocycles. The van der Waals surface area contributed by atoms with Gasteiger partial charge in [-0.1, -0.05) is 18.2 Å². The number of ether oxygens (including phenoxy) is 1. The van der Waals surface area contributed by atoms with Gasteiger partial charge in [-0.2, -0.15) is 15.3 Å². The average molecular weight is 424 g/mol. The number of para-hydroxylation sites is 1. The van der Waals surface area contributed by atoms with E-state index in [0.717, 1.165) is 17.1 Å². The summed E-state index contributed by atoms with van der Waals surface area (Å²) in [5, 5.41) is 13.5. The van der Waals surface area contributed by atoms with Crippen LogP contribution in [0.3, 0.4) is 0 Å². The zero-order chi connectivity index (χ0) is 22.1. The van der Waals surface area contributed by atoms with Crippen LogP contribution in [0.2, 0.25) is 0 Å². The SMILES string of the molecule is COc1cc(-n2cccn2)ccc1-n1ccc(=O)c(-c2cc(C)nn2-c2ccccc2)n1. The molecule has 158 valence electrons. The van der Waals surface area contributed by atoms with Gasteiger partial charge < -0.3 is 4.74 Å². The Kier molecular flexibility index (Phi) is 4.87. The van der Waals surface area contributed by atoms with E-state index in [1.165, 1.54) is 6.07 Å². The number of aryl methyl sites for hydroxylation is 1. The van der Waals surface area contributed by atoms with Crippen LogP contribution < -0.4 is 10.2 Å². The maximum Gasteiger partial charge on any atom is 0.209 e. The first-order chi connectivity index (χ1) is 15.6. The molecule has 2 aromatic carbocycles. The lowest BCUT2D eigenvalue weighted by Crippen LogP contribution is -2.15. The first kappa shape index (κ1) is 19.5. The van der Waals surface area contributed by atoms with E-state index in [2.05, 4.69) is 15.3 Å². The minimum absolute atomic E-state index is 0.189. The molecule has 0 amide bonds. The molecule has 0 spiro atoms. The van der Waals surface area contributed by atoms with Gasteiger partial charge in [0, 0.05) is 30.7 Å². The molecule has 0 radical (unpaired) electrons. The highest BCUT2D eigenvalue weighted by Crippen LogP contribution is 2.26. The summed E-state index contributed by atoms with van der Waals surface area (Å²) in [5.74, 6) is 0.604. The number of nitrogens with zero attached hydrogens (tertiary/aromatic N) is 6. The minimum atomic E-state index is -0.189. The van der Waals surface area contributed by atoms with Crippen LogP contribution in [0.1, 0.15) is 5.69 Å². The second kappa shape index (κ2) is 7.99. The van der Waals surface area contributed by atoms with Gasteiger partial charge in [-0.3, -0.25) is 4.79 Å². The van der Waals surface area contributed by atoms with Crippen molar-refractivity contribution in [2.45, 2.75) is 6.92 Å². The maximum absolute atomic E-state index is 12.8. The van der Waals surface area contributed by atoms with E-state index in [1.807, 2.05) is 73.8 Å². The second-order valence-electron chi connectivity index (χ2n) is 7.20. The summed E-state index contributed by atoms with van der Waals surface area (Å²) in [6.07, 6.45) is 5.21. The smallest absolute Gasteiger partial charge is 0.209 e. The van der Waals surface area contributed by atoms with Crippen molar-refractivity contribution in [1.29, 1.82) is 0 Å². The Morgan fingerprint density at radius 3 is 2.44 bits per heavy atom. The molecular weight excluding hydrogens is 404 g/mol. The fourth-order valence-electron chi connectivity index (χ4n) is 3.57. The first-order valence-corrected chi connectivity index (χ1v) is 10.0. The minimum Gasteiger partial charge on any atom is -0.494 e. The van der Waals surface area contributed by atoms with Gasteiger partial charge in [-0.15, -0.1) is 0 Å². The van der Waals surface area contributed by atoms with Crippen LogP contribution in [0.4, 0.5) is 0 Å². The van der Waals surface area contributed by atoms with Crippen LogP contribution in [-0.4, -0.2) is 36.5 Å². The summed E-state index contributed by atoms with van der Waals surface area (Å²) in [4.78, 5) is 12.8. The topological polar surface area (TPSA) is 79.8 Å². The van der Waals surface area contributed by atoms with Gasteiger partial charge >= 0.3 is 0 Å². The lowest BCUT2D eigenvalue weighted by Gasteiger charge is -2.14. The molecule has 3 aromatic heterocycles. The molecule has 0 aliphatic heterocycles. The van der Waals surface area contributed by atoms with E-state index in [9.17, 15) is 4.79 Å². The lowest BCUT2D eigenvalue weighted by atomic mass is 10.2. The summed E-state index contributed by atoms with van der Waals surface area (Å²) >= 11 is 0. The molecule has 0 saturated heterocycles. The summed E-state index contributed by atoms with van der Waals surface area (Å²) in [6, 6.07) is 20.6. The second-order valence-corrected chi connectivity index (χ2v) is 7.20. The molecule has 0 aliphatic carbocycles. The fourth-order valence-corrected chi connectivity index (χ4v) is 3.57. The van der Waals surface area contributed by atoms with Crippen LogP contribution in [0.25, 0.3) is 28.5 Å². The number of benzene rings is 2. The predicted molar refractivity (Wildman–Crippen MR) is 121 cm³/mol. The highest BCUT2D eigenvalue weighted by atomic mass is 16.5. The van der Waals surface area contributed by atoms with Crippen molar-refractivity contribution in [3.63, 3.8) is 0 Å². The third-order valence-corrected chi connectivity index (χ3v) is 5.06. The molecule has 0 fully saturated rings. The van der Waals surface area contributed by atoms with E-state index in [0.29, 0.717) is 22.8 Å². The zero-order valence-electron chi connectivity index (χ0n) is 17.6. The Morgan fingerprint density at radius 2 is 1.69 bits per heavy atom. The first-order valence-electron chi connectivity index (χ1n) is 10.0. The molecular formula is C24H20N6O2.